The first kappa shape index (κ1) is 17.1. The number of carboxylic acids is 1. The van der Waals surface area contributed by atoms with Gasteiger partial charge < -0.3 is 23.6 Å². The number of rotatable bonds is 5. The lowest BCUT2D eigenvalue weighted by atomic mass is 10.2. The molecule has 7 heteroatoms. The first-order valence-electron chi connectivity index (χ1n) is 9.01. The summed E-state index contributed by atoms with van der Waals surface area (Å²) < 4.78 is 18.1. The van der Waals surface area contributed by atoms with Crippen LogP contribution in [0.1, 0.15) is 21.9 Å². The fourth-order valence-electron chi connectivity index (χ4n) is 3.36. The Morgan fingerprint density at radius 1 is 1.10 bits per heavy atom. The number of ether oxygens (including phenoxy) is 2. The topological polar surface area (TPSA) is 86.2 Å². The molecule has 2 aromatic heterocycles. The molecule has 0 fully saturated rings. The predicted molar refractivity (Wildman–Crippen MR) is 107 cm³/mol. The van der Waals surface area contributed by atoms with E-state index in [1.54, 1.807) is 12.3 Å². The van der Waals surface area contributed by atoms with Crippen molar-refractivity contribution in [2.24, 2.45) is 4.99 Å². The minimum atomic E-state index is -1.08. The van der Waals surface area contributed by atoms with Gasteiger partial charge in [0.1, 0.15) is 5.76 Å². The molecule has 2 aromatic carbocycles. The zero-order valence-corrected chi connectivity index (χ0v) is 15.2. The number of hydrogen-bond acceptors (Lipinski definition) is 5. The lowest BCUT2D eigenvalue weighted by molar-refractivity contribution is 0.0660. The Labute approximate surface area is 165 Å². The Hall–Kier alpha value is -4.00. The van der Waals surface area contributed by atoms with Gasteiger partial charge in [-0.15, -0.1) is 0 Å². The van der Waals surface area contributed by atoms with Crippen molar-refractivity contribution in [3.8, 4) is 11.5 Å². The van der Waals surface area contributed by atoms with E-state index in [2.05, 4.69) is 4.99 Å². The van der Waals surface area contributed by atoms with Gasteiger partial charge in [0.05, 0.1) is 12.2 Å². The molecule has 0 saturated carbocycles. The second kappa shape index (κ2) is 6.87. The van der Waals surface area contributed by atoms with E-state index in [0.717, 1.165) is 27.9 Å². The molecule has 0 bridgehead atoms. The van der Waals surface area contributed by atoms with Gasteiger partial charge in [-0.05, 0) is 30.3 Å². The number of carboxylic acid groups (broad SMARTS) is 1. The van der Waals surface area contributed by atoms with Crippen LogP contribution in [0.15, 0.2) is 70.2 Å². The summed E-state index contributed by atoms with van der Waals surface area (Å²) in [5.41, 5.74) is 2.72. The number of carbonyl (C=O) groups is 1. The normalized spacial score (nSPS) is 12.8. The van der Waals surface area contributed by atoms with Crippen molar-refractivity contribution in [3.63, 3.8) is 0 Å². The average molecular weight is 388 g/mol. The van der Waals surface area contributed by atoms with Crippen molar-refractivity contribution in [3.05, 3.63) is 77.9 Å². The van der Waals surface area contributed by atoms with E-state index < -0.39 is 5.97 Å². The Morgan fingerprint density at radius 3 is 2.83 bits per heavy atom. The van der Waals surface area contributed by atoms with Gasteiger partial charge in [-0.1, -0.05) is 18.2 Å². The molecule has 4 aromatic rings. The maximum atomic E-state index is 11.0. The van der Waals surface area contributed by atoms with Gasteiger partial charge in [-0.25, -0.2) is 4.79 Å². The number of para-hydroxylation sites is 1. The van der Waals surface area contributed by atoms with Crippen LogP contribution < -0.4 is 9.47 Å². The number of aliphatic imine (C=N–C) groups is 1. The van der Waals surface area contributed by atoms with Crippen LogP contribution in [0, 0.1) is 0 Å². The molecular formula is C22H16N2O5. The third-order valence-electron chi connectivity index (χ3n) is 4.73. The van der Waals surface area contributed by atoms with E-state index in [9.17, 15) is 4.79 Å². The predicted octanol–water partition coefficient (Wildman–Crippen LogP) is 4.46. The summed E-state index contributed by atoms with van der Waals surface area (Å²) in [5.74, 6) is 0.836. The highest BCUT2D eigenvalue weighted by atomic mass is 16.7. The number of furan rings is 1. The molecule has 0 radical (unpaired) electrons. The molecular weight excluding hydrogens is 372 g/mol. The summed E-state index contributed by atoms with van der Waals surface area (Å²) in [6.07, 6.45) is 3.78. The molecule has 3 heterocycles. The molecule has 0 unspecified atom stereocenters. The molecule has 0 aliphatic carbocycles. The van der Waals surface area contributed by atoms with E-state index in [1.165, 1.54) is 6.07 Å². The van der Waals surface area contributed by atoms with Gasteiger partial charge in [0.25, 0.3) is 0 Å². The minimum Gasteiger partial charge on any atom is -0.475 e. The highest BCUT2D eigenvalue weighted by Crippen LogP contribution is 2.35. The van der Waals surface area contributed by atoms with Crippen LogP contribution in [-0.4, -0.2) is 28.7 Å². The molecule has 1 aliphatic heterocycles. The van der Waals surface area contributed by atoms with Crippen molar-refractivity contribution in [2.45, 2.75) is 6.54 Å². The molecule has 144 valence electrons. The molecule has 7 nitrogen and oxygen atoms in total. The average Bonchev–Trinajstić information content (AvgIpc) is 3.45. The molecule has 1 aliphatic rings. The van der Waals surface area contributed by atoms with Crippen LogP contribution >= 0.6 is 0 Å². The highest BCUT2D eigenvalue weighted by Gasteiger charge is 2.14. The smallest absolute Gasteiger partial charge is 0.371 e. The highest BCUT2D eigenvalue weighted by molar-refractivity contribution is 6.00. The second-order valence-electron chi connectivity index (χ2n) is 6.60. The standard InChI is InChI=1S/C22H16N2O5/c25-22(26)20-8-6-16(29-20)12-24-11-14(17-3-1-2-4-18(17)24)10-23-15-5-7-19-21(9-15)28-13-27-19/h1-11H,12-13H2,(H,25,26). The van der Waals surface area contributed by atoms with Gasteiger partial charge in [0.15, 0.2) is 11.5 Å². The van der Waals surface area contributed by atoms with Crippen molar-refractivity contribution in [2.75, 3.05) is 6.79 Å². The first-order chi connectivity index (χ1) is 14.2. The number of aromatic nitrogens is 1. The molecule has 5 rings (SSSR count). The first-order valence-corrected chi connectivity index (χ1v) is 9.01. The van der Waals surface area contributed by atoms with Gasteiger partial charge >= 0.3 is 5.97 Å². The number of fused-ring (bicyclic) bond motifs is 2. The van der Waals surface area contributed by atoms with E-state index in [0.29, 0.717) is 18.1 Å². The van der Waals surface area contributed by atoms with Crippen molar-refractivity contribution >= 4 is 28.8 Å². The fourth-order valence-corrected chi connectivity index (χ4v) is 3.36. The summed E-state index contributed by atoms with van der Waals surface area (Å²) in [6.45, 7) is 0.651. The lowest BCUT2D eigenvalue weighted by Gasteiger charge is -2.02. The Bertz CT molecular complexity index is 1250. The number of nitrogens with zero attached hydrogens (tertiary/aromatic N) is 2. The Kier molecular flexibility index (Phi) is 4.05. The Morgan fingerprint density at radius 2 is 1.97 bits per heavy atom. The number of aromatic carboxylic acids is 1. The van der Waals surface area contributed by atoms with E-state index in [-0.39, 0.29) is 12.6 Å². The third-order valence-corrected chi connectivity index (χ3v) is 4.73. The van der Waals surface area contributed by atoms with E-state index in [1.807, 2.05) is 53.2 Å². The van der Waals surface area contributed by atoms with Crippen molar-refractivity contribution in [1.82, 2.24) is 4.57 Å². The van der Waals surface area contributed by atoms with Gasteiger partial charge in [0.2, 0.25) is 12.6 Å². The summed E-state index contributed by atoms with van der Waals surface area (Å²) in [7, 11) is 0. The van der Waals surface area contributed by atoms with Gasteiger partial charge in [0, 0.05) is 34.9 Å². The molecule has 0 saturated heterocycles. The van der Waals surface area contributed by atoms with Crippen LogP contribution in [0.4, 0.5) is 5.69 Å². The zero-order valence-electron chi connectivity index (χ0n) is 15.2. The minimum absolute atomic E-state index is 0.0685. The van der Waals surface area contributed by atoms with Crippen LogP contribution in [0.2, 0.25) is 0 Å². The van der Waals surface area contributed by atoms with Crippen LogP contribution in [-0.2, 0) is 6.54 Å². The zero-order chi connectivity index (χ0) is 19.8. The monoisotopic (exact) mass is 388 g/mol. The quantitative estimate of drug-likeness (QED) is 0.510. The lowest BCUT2D eigenvalue weighted by Crippen LogP contribution is -1.97. The van der Waals surface area contributed by atoms with Gasteiger partial charge in [-0.2, -0.15) is 0 Å². The van der Waals surface area contributed by atoms with Crippen LogP contribution in [0.3, 0.4) is 0 Å². The summed E-state index contributed by atoms with van der Waals surface area (Å²) in [6, 6.07) is 16.7. The SMILES string of the molecule is O=C(O)c1ccc(Cn2cc(C=Nc3ccc4c(c3)OCO4)c3ccccc32)o1. The van der Waals surface area contributed by atoms with Gasteiger partial charge in [-0.3, -0.25) is 4.99 Å². The summed E-state index contributed by atoms with van der Waals surface area (Å²) in [5, 5.41) is 10.1. The van der Waals surface area contributed by atoms with E-state index in [4.69, 9.17) is 19.0 Å². The number of benzene rings is 2. The molecule has 29 heavy (non-hydrogen) atoms. The molecule has 0 spiro atoms. The Balaban J connectivity index is 1.47. The largest absolute Gasteiger partial charge is 0.475 e. The summed E-state index contributed by atoms with van der Waals surface area (Å²) >= 11 is 0. The maximum Gasteiger partial charge on any atom is 0.371 e. The number of hydrogen-bond donors (Lipinski definition) is 1. The third kappa shape index (κ3) is 3.23. The fraction of sp³-hybridized carbons (Fsp3) is 0.0909. The summed E-state index contributed by atoms with van der Waals surface area (Å²) in [4.78, 5) is 15.6. The molecule has 0 atom stereocenters. The van der Waals surface area contributed by atoms with Crippen LogP contribution in [0.5, 0.6) is 11.5 Å². The molecule has 1 N–H and O–H groups in total. The molecule has 0 amide bonds. The van der Waals surface area contributed by atoms with Crippen molar-refractivity contribution in [1.29, 1.82) is 0 Å². The van der Waals surface area contributed by atoms with Crippen molar-refractivity contribution < 1.29 is 23.8 Å². The van der Waals surface area contributed by atoms with E-state index >= 15 is 0 Å². The second-order valence-corrected chi connectivity index (χ2v) is 6.60. The maximum absolute atomic E-state index is 11.0. The van der Waals surface area contributed by atoms with Crippen LogP contribution in [0.25, 0.3) is 10.9 Å².